The maximum absolute atomic E-state index is 12.3. The van der Waals surface area contributed by atoms with Gasteiger partial charge in [0.25, 0.3) is 5.91 Å². The van der Waals surface area contributed by atoms with Crippen molar-refractivity contribution in [3.05, 3.63) is 29.8 Å². The summed E-state index contributed by atoms with van der Waals surface area (Å²) in [5, 5.41) is 11.7. The van der Waals surface area contributed by atoms with Gasteiger partial charge in [0, 0.05) is 27.3 Å². The van der Waals surface area contributed by atoms with E-state index in [1.165, 1.54) is 11.9 Å². The summed E-state index contributed by atoms with van der Waals surface area (Å²) < 4.78 is 10.4. The molecule has 0 bridgehead atoms. The Morgan fingerprint density at radius 2 is 2.08 bits per heavy atom. The Morgan fingerprint density at radius 1 is 1.38 bits per heavy atom. The van der Waals surface area contributed by atoms with Crippen LogP contribution in [0.25, 0.3) is 0 Å². The Kier molecular flexibility index (Phi) is 8.30. The largest absolute Gasteiger partial charge is 0.480 e. The number of carbonyl (C=O) groups is 2. The average Bonchev–Trinajstić information content (AvgIpc) is 2.58. The number of methoxy groups -OCH3 is 1. The lowest BCUT2D eigenvalue weighted by molar-refractivity contribution is -0.139. The van der Waals surface area contributed by atoms with Crippen LogP contribution >= 0.6 is 0 Å². The molecule has 0 aliphatic rings. The van der Waals surface area contributed by atoms with Crippen LogP contribution in [0.5, 0.6) is 5.75 Å². The Hall–Kier alpha value is -2.59. The number of hydrogen-bond donors (Lipinski definition) is 1. The summed E-state index contributed by atoms with van der Waals surface area (Å²) in [5.74, 6) is -0.236. The number of likely N-dealkylation sites (N-methyl/N-ethyl adjacent to an activating group) is 1. The van der Waals surface area contributed by atoms with E-state index in [0.29, 0.717) is 30.9 Å². The molecule has 1 aromatic carbocycles. The second-order valence-electron chi connectivity index (χ2n) is 5.26. The highest BCUT2D eigenvalue weighted by molar-refractivity contribution is 5.86. The van der Waals surface area contributed by atoms with Crippen LogP contribution in [-0.4, -0.2) is 56.7 Å². The first-order chi connectivity index (χ1) is 11.5. The first-order valence-corrected chi connectivity index (χ1v) is 7.66. The molecular formula is C17H23N3O4. The van der Waals surface area contributed by atoms with Crippen molar-refractivity contribution in [2.45, 2.75) is 19.4 Å². The van der Waals surface area contributed by atoms with Crippen molar-refractivity contribution in [3.8, 4) is 11.8 Å². The summed E-state index contributed by atoms with van der Waals surface area (Å²) in [6, 6.07) is 8.70. The smallest absolute Gasteiger partial charge is 0.263 e. The molecule has 0 aliphatic heterocycles. The summed E-state index contributed by atoms with van der Waals surface area (Å²) in [5.41, 5.74) is 0.357. The van der Waals surface area contributed by atoms with E-state index < -0.39 is 6.10 Å². The van der Waals surface area contributed by atoms with Gasteiger partial charge in [-0.15, -0.1) is 0 Å². The Balaban J connectivity index is 2.50. The lowest BCUT2D eigenvalue weighted by Crippen LogP contribution is -2.43. The molecule has 1 atom stereocenters. The van der Waals surface area contributed by atoms with Crippen molar-refractivity contribution >= 4 is 11.8 Å². The minimum atomic E-state index is -0.800. The highest BCUT2D eigenvalue weighted by Gasteiger charge is 2.21. The minimum absolute atomic E-state index is 0.0561. The Labute approximate surface area is 142 Å². The van der Waals surface area contributed by atoms with Crippen LogP contribution in [-0.2, 0) is 14.3 Å². The van der Waals surface area contributed by atoms with Crippen molar-refractivity contribution in [2.75, 3.05) is 33.9 Å². The highest BCUT2D eigenvalue weighted by atomic mass is 16.5. The molecule has 0 heterocycles. The molecule has 0 saturated carbocycles. The normalized spacial score (nSPS) is 11.2. The third kappa shape index (κ3) is 6.26. The van der Waals surface area contributed by atoms with Gasteiger partial charge >= 0.3 is 0 Å². The first kappa shape index (κ1) is 19.5. The van der Waals surface area contributed by atoms with Crippen LogP contribution in [0.4, 0.5) is 0 Å². The summed E-state index contributed by atoms with van der Waals surface area (Å²) in [6.07, 6.45) is -0.0875. The molecule has 2 amide bonds. The predicted molar refractivity (Wildman–Crippen MR) is 88.4 cm³/mol. The minimum Gasteiger partial charge on any atom is -0.480 e. The number of ether oxygens (including phenoxy) is 2. The number of para-hydroxylation sites is 1. The van der Waals surface area contributed by atoms with Crippen LogP contribution in [0.2, 0.25) is 0 Å². The molecule has 24 heavy (non-hydrogen) atoms. The Morgan fingerprint density at radius 3 is 2.75 bits per heavy atom. The van der Waals surface area contributed by atoms with E-state index in [0.717, 1.165) is 0 Å². The SMILES string of the molecule is COCCCNC(=O)CN(C)C(=O)[C@H](C)Oc1ccccc1C#N. The zero-order valence-electron chi connectivity index (χ0n) is 14.2. The Bertz CT molecular complexity index is 598. The second kappa shape index (κ2) is 10.2. The van der Waals surface area contributed by atoms with Crippen LogP contribution < -0.4 is 10.1 Å². The molecule has 130 valence electrons. The lowest BCUT2D eigenvalue weighted by atomic mass is 10.2. The van der Waals surface area contributed by atoms with Crippen LogP contribution in [0.15, 0.2) is 24.3 Å². The van der Waals surface area contributed by atoms with Gasteiger partial charge in [-0.3, -0.25) is 9.59 Å². The summed E-state index contributed by atoms with van der Waals surface area (Å²) >= 11 is 0. The van der Waals surface area contributed by atoms with E-state index in [1.54, 1.807) is 38.3 Å². The molecule has 7 heteroatoms. The average molecular weight is 333 g/mol. The fourth-order valence-electron chi connectivity index (χ4n) is 2.01. The van der Waals surface area contributed by atoms with Gasteiger partial charge in [-0.05, 0) is 25.5 Å². The van der Waals surface area contributed by atoms with Gasteiger partial charge in [-0.2, -0.15) is 5.26 Å². The maximum Gasteiger partial charge on any atom is 0.263 e. The van der Waals surface area contributed by atoms with Crippen molar-refractivity contribution in [2.24, 2.45) is 0 Å². The maximum atomic E-state index is 12.3. The van der Waals surface area contributed by atoms with Gasteiger partial charge in [0.1, 0.15) is 11.8 Å². The monoisotopic (exact) mass is 333 g/mol. The number of nitrogens with zero attached hydrogens (tertiary/aromatic N) is 2. The quantitative estimate of drug-likeness (QED) is 0.679. The number of amides is 2. The van der Waals surface area contributed by atoms with Gasteiger partial charge in [0.2, 0.25) is 5.91 Å². The van der Waals surface area contributed by atoms with Gasteiger partial charge < -0.3 is 19.7 Å². The topological polar surface area (TPSA) is 91.7 Å². The molecule has 0 radical (unpaired) electrons. The third-order valence-corrected chi connectivity index (χ3v) is 3.26. The van der Waals surface area contributed by atoms with Crippen molar-refractivity contribution < 1.29 is 19.1 Å². The van der Waals surface area contributed by atoms with Gasteiger partial charge in [-0.1, -0.05) is 12.1 Å². The molecule has 0 aromatic heterocycles. The number of nitriles is 1. The molecular weight excluding hydrogens is 310 g/mol. The number of rotatable bonds is 9. The molecule has 1 N–H and O–H groups in total. The summed E-state index contributed by atoms with van der Waals surface area (Å²) in [7, 11) is 3.13. The van der Waals surface area contributed by atoms with Crippen LogP contribution in [0.1, 0.15) is 18.9 Å². The lowest BCUT2D eigenvalue weighted by Gasteiger charge is -2.22. The number of carbonyl (C=O) groups excluding carboxylic acids is 2. The molecule has 7 nitrogen and oxygen atoms in total. The van der Waals surface area contributed by atoms with Crippen LogP contribution in [0.3, 0.4) is 0 Å². The van der Waals surface area contributed by atoms with Crippen LogP contribution in [0, 0.1) is 11.3 Å². The van der Waals surface area contributed by atoms with E-state index in [9.17, 15) is 9.59 Å². The van der Waals surface area contributed by atoms with E-state index >= 15 is 0 Å². The molecule has 0 saturated heterocycles. The zero-order valence-corrected chi connectivity index (χ0v) is 14.2. The summed E-state index contributed by atoms with van der Waals surface area (Å²) in [4.78, 5) is 25.3. The fourth-order valence-corrected chi connectivity index (χ4v) is 2.01. The second-order valence-corrected chi connectivity index (χ2v) is 5.26. The molecule has 0 aliphatic carbocycles. The molecule has 1 aromatic rings. The molecule has 0 unspecified atom stereocenters. The fraction of sp³-hybridized carbons (Fsp3) is 0.471. The van der Waals surface area contributed by atoms with Gasteiger partial charge in [-0.25, -0.2) is 0 Å². The van der Waals surface area contributed by atoms with Crippen molar-refractivity contribution in [1.82, 2.24) is 10.2 Å². The number of benzene rings is 1. The first-order valence-electron chi connectivity index (χ1n) is 7.66. The van der Waals surface area contributed by atoms with E-state index in [2.05, 4.69) is 5.32 Å². The van der Waals surface area contributed by atoms with E-state index in [1.807, 2.05) is 6.07 Å². The highest BCUT2D eigenvalue weighted by Crippen LogP contribution is 2.18. The third-order valence-electron chi connectivity index (χ3n) is 3.26. The number of nitrogens with one attached hydrogen (secondary N) is 1. The van der Waals surface area contributed by atoms with Gasteiger partial charge in [0.15, 0.2) is 6.10 Å². The molecule has 1 rings (SSSR count). The predicted octanol–water partition coefficient (Wildman–Crippen LogP) is 0.937. The standard InChI is InChI=1S/C17H23N3O4/c1-13(24-15-8-5-4-7-14(15)11-18)17(22)20(2)12-16(21)19-9-6-10-23-3/h4-5,7-8,13H,6,9-10,12H2,1-3H3,(H,19,21)/t13-/m0/s1. The molecule has 0 spiro atoms. The zero-order chi connectivity index (χ0) is 17.9. The van der Waals surface area contributed by atoms with Crippen molar-refractivity contribution in [3.63, 3.8) is 0 Å². The van der Waals surface area contributed by atoms with Crippen molar-refractivity contribution in [1.29, 1.82) is 5.26 Å². The van der Waals surface area contributed by atoms with E-state index in [-0.39, 0.29) is 18.4 Å². The molecule has 0 fully saturated rings. The summed E-state index contributed by atoms with van der Waals surface area (Å²) in [6.45, 7) is 2.59. The van der Waals surface area contributed by atoms with E-state index in [4.69, 9.17) is 14.7 Å². The number of hydrogen-bond acceptors (Lipinski definition) is 5. The van der Waals surface area contributed by atoms with Gasteiger partial charge in [0.05, 0.1) is 12.1 Å².